The van der Waals surface area contributed by atoms with E-state index < -0.39 is 5.60 Å². The molecule has 4 rings (SSSR count). The molecule has 0 spiro atoms. The quantitative estimate of drug-likeness (QED) is 0.747. The molecule has 0 saturated heterocycles. The van der Waals surface area contributed by atoms with Gasteiger partial charge < -0.3 is 5.11 Å². The van der Waals surface area contributed by atoms with E-state index in [2.05, 4.69) is 20.4 Å². The van der Waals surface area contributed by atoms with Gasteiger partial charge in [-0.15, -0.1) is 6.58 Å². The molecule has 1 N–H and O–H groups in total. The summed E-state index contributed by atoms with van der Waals surface area (Å²) in [5.41, 5.74) is 0.753. The molecule has 0 aliphatic heterocycles. The van der Waals surface area contributed by atoms with Crippen LogP contribution in [0, 0.1) is 35.0 Å². The van der Waals surface area contributed by atoms with E-state index in [-0.39, 0.29) is 5.41 Å². The van der Waals surface area contributed by atoms with Crippen molar-refractivity contribution >= 4 is 5.78 Å². The molecular weight excluding hydrogens is 296 g/mol. The number of fused-ring (bicyclic) bond motifs is 5. The summed E-state index contributed by atoms with van der Waals surface area (Å²) in [5, 5.41) is 11.3. The lowest BCUT2D eigenvalue weighted by atomic mass is 9.47. The van der Waals surface area contributed by atoms with Gasteiger partial charge in [-0.1, -0.05) is 31.9 Å². The predicted octanol–water partition coefficient (Wildman–Crippen LogP) is 4.68. The molecule has 3 fully saturated rings. The topological polar surface area (TPSA) is 37.3 Å². The second-order valence-corrected chi connectivity index (χ2v) is 9.17. The Balaban J connectivity index is 1.72. The van der Waals surface area contributed by atoms with Crippen LogP contribution in [0.3, 0.4) is 0 Å². The molecule has 132 valence electrons. The first-order valence-corrected chi connectivity index (χ1v) is 10.0. The van der Waals surface area contributed by atoms with Gasteiger partial charge in [-0.2, -0.15) is 0 Å². The smallest absolute Gasteiger partial charge is 0.155 e. The molecule has 0 aromatic carbocycles. The molecule has 0 aromatic rings. The van der Waals surface area contributed by atoms with Crippen molar-refractivity contribution in [3.05, 3.63) is 24.3 Å². The third-order valence-electron chi connectivity index (χ3n) is 8.50. The van der Waals surface area contributed by atoms with Crippen LogP contribution in [-0.4, -0.2) is 16.5 Å². The molecule has 0 heterocycles. The van der Waals surface area contributed by atoms with Crippen LogP contribution < -0.4 is 0 Å². The van der Waals surface area contributed by atoms with Crippen LogP contribution in [0.4, 0.5) is 0 Å². The van der Waals surface area contributed by atoms with Crippen molar-refractivity contribution in [3.63, 3.8) is 0 Å². The first-order valence-electron chi connectivity index (χ1n) is 10.0. The van der Waals surface area contributed by atoms with E-state index in [0.717, 1.165) is 50.4 Å². The van der Waals surface area contributed by atoms with Gasteiger partial charge in [0.05, 0.1) is 5.60 Å². The van der Waals surface area contributed by atoms with Gasteiger partial charge in [0.15, 0.2) is 5.78 Å². The number of hydrogen-bond acceptors (Lipinski definition) is 2. The summed E-state index contributed by atoms with van der Waals surface area (Å²) >= 11 is 0. The highest BCUT2D eigenvalue weighted by molar-refractivity contribution is 5.91. The Morgan fingerprint density at radius 1 is 1.33 bits per heavy atom. The van der Waals surface area contributed by atoms with Crippen LogP contribution in [0.15, 0.2) is 24.3 Å². The third kappa shape index (κ3) is 2.08. The minimum absolute atomic E-state index is 0.0116. The molecule has 0 radical (unpaired) electrons. The molecule has 0 amide bonds. The van der Waals surface area contributed by atoms with Crippen molar-refractivity contribution in [1.29, 1.82) is 0 Å². The lowest BCUT2D eigenvalue weighted by molar-refractivity contribution is -0.122. The normalized spacial score (nSPS) is 50.5. The molecule has 4 aliphatic carbocycles. The van der Waals surface area contributed by atoms with Crippen molar-refractivity contribution in [2.24, 2.45) is 35.0 Å². The summed E-state index contributed by atoms with van der Waals surface area (Å²) in [5.74, 6) is 3.71. The van der Waals surface area contributed by atoms with E-state index in [9.17, 15) is 9.90 Å². The van der Waals surface area contributed by atoms with Crippen LogP contribution in [0.2, 0.25) is 0 Å². The molecule has 4 aliphatic rings. The summed E-state index contributed by atoms with van der Waals surface area (Å²) in [6.07, 6.45) is 12.3. The van der Waals surface area contributed by atoms with Crippen LogP contribution >= 0.6 is 0 Å². The van der Waals surface area contributed by atoms with E-state index in [1.807, 2.05) is 12.2 Å². The number of hydrogen-bond donors (Lipinski definition) is 1. The molecule has 24 heavy (non-hydrogen) atoms. The molecule has 3 saturated carbocycles. The van der Waals surface area contributed by atoms with Crippen LogP contribution in [0.1, 0.15) is 65.2 Å². The number of ketones is 1. The van der Waals surface area contributed by atoms with Gasteiger partial charge in [0.25, 0.3) is 0 Å². The summed E-state index contributed by atoms with van der Waals surface area (Å²) < 4.78 is 0. The van der Waals surface area contributed by atoms with Gasteiger partial charge in [-0.25, -0.2) is 0 Å². The zero-order chi connectivity index (χ0) is 17.1. The van der Waals surface area contributed by atoms with Gasteiger partial charge in [-0.05, 0) is 74.2 Å². The molecule has 5 unspecified atom stereocenters. The van der Waals surface area contributed by atoms with E-state index in [1.165, 1.54) is 18.4 Å². The fourth-order valence-electron chi connectivity index (χ4n) is 7.29. The average Bonchev–Trinajstić information content (AvgIpc) is 2.85. The lowest BCUT2D eigenvalue weighted by Gasteiger charge is -2.58. The first kappa shape index (κ1) is 16.6. The van der Waals surface area contributed by atoms with Gasteiger partial charge >= 0.3 is 0 Å². The molecule has 7 atom stereocenters. The first-order chi connectivity index (χ1) is 11.4. The van der Waals surface area contributed by atoms with Crippen LogP contribution in [0.25, 0.3) is 0 Å². The highest BCUT2D eigenvalue weighted by Crippen LogP contribution is 2.66. The maximum atomic E-state index is 11.9. The van der Waals surface area contributed by atoms with Crippen molar-refractivity contribution in [2.45, 2.75) is 70.8 Å². The summed E-state index contributed by atoms with van der Waals surface area (Å²) in [6.45, 7) is 8.64. The minimum atomic E-state index is -0.686. The van der Waals surface area contributed by atoms with Crippen molar-refractivity contribution in [2.75, 3.05) is 0 Å². The van der Waals surface area contributed by atoms with Gasteiger partial charge in [0.1, 0.15) is 0 Å². The Hall–Kier alpha value is -0.890. The Kier molecular flexibility index (Phi) is 3.84. The summed E-state index contributed by atoms with van der Waals surface area (Å²) in [4.78, 5) is 11.9. The van der Waals surface area contributed by atoms with Crippen molar-refractivity contribution in [1.82, 2.24) is 0 Å². The lowest BCUT2D eigenvalue weighted by Crippen LogP contribution is -2.55. The zero-order valence-electron chi connectivity index (χ0n) is 15.3. The number of carbonyl (C=O) groups excluding carboxylic acids is 1. The number of rotatable bonds is 2. The Bertz CT molecular complexity index is 591. The monoisotopic (exact) mass is 328 g/mol. The minimum Gasteiger partial charge on any atom is -0.385 e. The molecule has 2 nitrogen and oxygen atoms in total. The molecule has 0 bridgehead atoms. The summed E-state index contributed by atoms with van der Waals surface area (Å²) in [7, 11) is 0. The third-order valence-corrected chi connectivity index (χ3v) is 8.50. The van der Waals surface area contributed by atoms with Crippen LogP contribution in [0.5, 0.6) is 0 Å². The average molecular weight is 328 g/mol. The van der Waals surface area contributed by atoms with Gasteiger partial charge in [0.2, 0.25) is 0 Å². The van der Waals surface area contributed by atoms with E-state index in [4.69, 9.17) is 0 Å². The van der Waals surface area contributed by atoms with E-state index in [1.54, 1.807) is 0 Å². The van der Waals surface area contributed by atoms with Crippen LogP contribution in [-0.2, 0) is 4.79 Å². The maximum absolute atomic E-state index is 11.9. The van der Waals surface area contributed by atoms with Crippen molar-refractivity contribution in [3.8, 4) is 0 Å². The molecule has 2 heteroatoms. The maximum Gasteiger partial charge on any atom is 0.155 e. The number of carbonyl (C=O) groups is 1. The second-order valence-electron chi connectivity index (χ2n) is 9.17. The molecule has 0 aromatic heterocycles. The Labute approximate surface area is 146 Å². The summed E-state index contributed by atoms with van der Waals surface area (Å²) in [6, 6.07) is 0. The van der Waals surface area contributed by atoms with E-state index >= 15 is 0 Å². The highest BCUT2D eigenvalue weighted by Gasteiger charge is 2.63. The van der Waals surface area contributed by atoms with E-state index in [0.29, 0.717) is 23.5 Å². The highest BCUT2D eigenvalue weighted by atomic mass is 16.3. The standard InChI is InChI=1S/C22H32O2/c1-4-14-13-21(3)19(10-11-22(21,24)5-2)18-8-6-15-12-16(23)7-9-17(15)20(14)18/h5,12,14,17-20,24H,2,4,6-11,13H2,1,3H3/t14?,17?,18?,19?,20?,21-,22-/m0/s1. The number of aliphatic hydroxyl groups is 1. The largest absolute Gasteiger partial charge is 0.385 e. The fourth-order valence-corrected chi connectivity index (χ4v) is 7.29. The van der Waals surface area contributed by atoms with Crippen molar-refractivity contribution < 1.29 is 9.90 Å². The second kappa shape index (κ2) is 5.56. The zero-order valence-corrected chi connectivity index (χ0v) is 15.3. The van der Waals surface area contributed by atoms with Gasteiger partial charge in [0, 0.05) is 11.8 Å². The predicted molar refractivity (Wildman–Crippen MR) is 96.4 cm³/mol. The SMILES string of the molecule is C=C[C@]1(O)CCC2C3CCC4=CC(=O)CCC4C3C(CC)C[C@@]21C. The fraction of sp³-hybridized carbons (Fsp3) is 0.773. The van der Waals surface area contributed by atoms with Gasteiger partial charge in [-0.3, -0.25) is 4.79 Å². The number of allylic oxidation sites excluding steroid dienone is 1. The Morgan fingerprint density at radius 2 is 2.12 bits per heavy atom. The molecular formula is C22H32O2. The Morgan fingerprint density at radius 3 is 2.83 bits per heavy atom.